The molecule has 0 aliphatic rings. The van der Waals surface area contributed by atoms with E-state index in [-0.39, 0.29) is 0 Å². The van der Waals surface area contributed by atoms with Gasteiger partial charge in [0, 0.05) is 5.69 Å². The Morgan fingerprint density at radius 3 is 2.27 bits per heavy atom. The third kappa shape index (κ3) is 4.98. The van der Waals surface area contributed by atoms with Crippen LogP contribution in [0.15, 0.2) is 30.3 Å². The molecule has 2 N–H and O–H groups in total. The molecule has 0 aliphatic carbocycles. The second-order valence-electron chi connectivity index (χ2n) is 4.20. The predicted octanol–water partition coefficient (Wildman–Crippen LogP) is 3.01. The second kappa shape index (κ2) is 4.35. The van der Waals surface area contributed by atoms with Crippen LogP contribution in [-0.2, 0) is 9.09 Å². The molecular formula is C10H16NO3P. The number of benzene rings is 1. The van der Waals surface area contributed by atoms with Crippen molar-refractivity contribution in [3.63, 3.8) is 0 Å². The molecule has 0 radical (unpaired) electrons. The molecule has 0 fully saturated rings. The van der Waals surface area contributed by atoms with E-state index >= 15 is 0 Å². The van der Waals surface area contributed by atoms with E-state index in [0.29, 0.717) is 5.69 Å². The molecule has 0 aromatic heterocycles. The fourth-order valence-electron chi connectivity index (χ4n) is 1.07. The zero-order valence-electron chi connectivity index (χ0n) is 9.10. The monoisotopic (exact) mass is 229 g/mol. The minimum atomic E-state index is -3.79. The van der Waals surface area contributed by atoms with Gasteiger partial charge in [0.15, 0.2) is 0 Å². The number of hydrogen-bond acceptors (Lipinski definition) is 2. The summed E-state index contributed by atoms with van der Waals surface area (Å²) < 4.78 is 16.7. The van der Waals surface area contributed by atoms with E-state index in [2.05, 4.69) is 5.09 Å². The van der Waals surface area contributed by atoms with Crippen LogP contribution in [0.2, 0.25) is 0 Å². The number of nitrogens with one attached hydrogen (secondary N) is 1. The van der Waals surface area contributed by atoms with Gasteiger partial charge in [0.05, 0.1) is 5.60 Å². The summed E-state index contributed by atoms with van der Waals surface area (Å²) in [5.74, 6) is 0. The van der Waals surface area contributed by atoms with Gasteiger partial charge in [-0.25, -0.2) is 4.57 Å². The van der Waals surface area contributed by atoms with E-state index in [4.69, 9.17) is 4.52 Å². The second-order valence-corrected chi connectivity index (χ2v) is 5.65. The Labute approximate surface area is 89.9 Å². The van der Waals surface area contributed by atoms with Crippen LogP contribution in [0.3, 0.4) is 0 Å². The molecule has 1 aromatic carbocycles. The van der Waals surface area contributed by atoms with E-state index in [1.54, 1.807) is 45.0 Å². The number of hydrogen-bond donors (Lipinski definition) is 2. The normalized spacial score (nSPS) is 15.7. The first-order valence-corrected chi connectivity index (χ1v) is 6.23. The highest BCUT2D eigenvalue weighted by molar-refractivity contribution is 7.54. The smallest absolute Gasteiger partial charge is 0.308 e. The Morgan fingerprint density at radius 1 is 1.27 bits per heavy atom. The molecule has 15 heavy (non-hydrogen) atoms. The van der Waals surface area contributed by atoms with Crippen LogP contribution in [0.25, 0.3) is 0 Å². The maximum Gasteiger partial charge on any atom is 0.430 e. The average molecular weight is 229 g/mol. The molecule has 1 aromatic rings. The van der Waals surface area contributed by atoms with Crippen LogP contribution in [0, 0.1) is 0 Å². The van der Waals surface area contributed by atoms with Gasteiger partial charge in [0.2, 0.25) is 0 Å². The van der Waals surface area contributed by atoms with Crippen molar-refractivity contribution in [1.82, 2.24) is 0 Å². The largest absolute Gasteiger partial charge is 0.430 e. The third-order valence-corrected chi connectivity index (χ3v) is 2.78. The Hall–Kier alpha value is -0.830. The summed E-state index contributed by atoms with van der Waals surface area (Å²) in [4.78, 5) is 9.53. The molecule has 1 atom stereocenters. The fraction of sp³-hybridized carbons (Fsp3) is 0.400. The van der Waals surface area contributed by atoms with Gasteiger partial charge >= 0.3 is 7.75 Å². The van der Waals surface area contributed by atoms with Gasteiger partial charge in [-0.15, -0.1) is 0 Å². The lowest BCUT2D eigenvalue weighted by Gasteiger charge is -2.23. The highest BCUT2D eigenvalue weighted by atomic mass is 31.2. The van der Waals surface area contributed by atoms with Gasteiger partial charge in [0.25, 0.3) is 0 Å². The molecule has 4 nitrogen and oxygen atoms in total. The van der Waals surface area contributed by atoms with Crippen LogP contribution >= 0.6 is 7.75 Å². The third-order valence-electron chi connectivity index (χ3n) is 1.44. The van der Waals surface area contributed by atoms with Crippen molar-refractivity contribution < 1.29 is 14.0 Å². The molecular weight excluding hydrogens is 213 g/mol. The molecule has 0 spiro atoms. The van der Waals surface area contributed by atoms with Gasteiger partial charge in [0.1, 0.15) is 0 Å². The lowest BCUT2D eigenvalue weighted by molar-refractivity contribution is 0.114. The van der Waals surface area contributed by atoms with E-state index in [1.807, 2.05) is 6.07 Å². The number of anilines is 1. The van der Waals surface area contributed by atoms with Gasteiger partial charge in [-0.1, -0.05) is 18.2 Å². The van der Waals surface area contributed by atoms with Crippen LogP contribution in [-0.4, -0.2) is 10.5 Å². The van der Waals surface area contributed by atoms with Gasteiger partial charge < -0.3 is 4.89 Å². The van der Waals surface area contributed by atoms with Crippen LogP contribution in [0.5, 0.6) is 0 Å². The van der Waals surface area contributed by atoms with E-state index in [0.717, 1.165) is 0 Å². The molecule has 1 unspecified atom stereocenters. The molecule has 84 valence electrons. The molecule has 0 bridgehead atoms. The van der Waals surface area contributed by atoms with E-state index in [1.165, 1.54) is 0 Å². The summed E-state index contributed by atoms with van der Waals surface area (Å²) in [5.41, 5.74) is -0.0981. The summed E-state index contributed by atoms with van der Waals surface area (Å²) in [6.45, 7) is 5.17. The molecule has 0 amide bonds. The molecule has 0 aliphatic heterocycles. The van der Waals surface area contributed by atoms with Gasteiger partial charge in [-0.3, -0.25) is 9.61 Å². The number of para-hydroxylation sites is 1. The van der Waals surface area contributed by atoms with Crippen molar-refractivity contribution in [2.24, 2.45) is 0 Å². The Balaban J connectivity index is 2.69. The maximum atomic E-state index is 11.6. The molecule has 0 saturated heterocycles. The van der Waals surface area contributed by atoms with Gasteiger partial charge in [-0.05, 0) is 32.9 Å². The van der Waals surface area contributed by atoms with E-state index in [9.17, 15) is 9.46 Å². The zero-order valence-corrected chi connectivity index (χ0v) is 9.99. The zero-order chi connectivity index (χ0) is 11.5. The lowest BCUT2D eigenvalue weighted by Crippen LogP contribution is -2.19. The lowest BCUT2D eigenvalue weighted by atomic mass is 10.2. The van der Waals surface area contributed by atoms with Crippen molar-refractivity contribution in [3.8, 4) is 0 Å². The van der Waals surface area contributed by atoms with Crippen molar-refractivity contribution in [1.29, 1.82) is 0 Å². The topological polar surface area (TPSA) is 58.6 Å². The van der Waals surface area contributed by atoms with Crippen molar-refractivity contribution >= 4 is 13.4 Å². The Bertz CT molecular complexity index is 359. The highest BCUT2D eigenvalue weighted by Crippen LogP contribution is 2.45. The summed E-state index contributed by atoms with van der Waals surface area (Å²) in [5, 5.41) is 2.46. The highest BCUT2D eigenvalue weighted by Gasteiger charge is 2.27. The number of rotatable bonds is 3. The quantitative estimate of drug-likeness (QED) is 0.782. The standard InChI is InChI=1S/C10H16NO3P/c1-10(2,3)14-15(12,13)11-9-7-5-4-6-8-9/h4-8H,1-3H3,(H2,11,12,13). The first-order chi connectivity index (χ1) is 6.79. The Morgan fingerprint density at radius 2 is 1.80 bits per heavy atom. The molecule has 0 saturated carbocycles. The first-order valence-electron chi connectivity index (χ1n) is 4.65. The van der Waals surface area contributed by atoms with Crippen molar-refractivity contribution in [3.05, 3.63) is 30.3 Å². The minimum absolute atomic E-state index is 0.563. The van der Waals surface area contributed by atoms with Crippen LogP contribution in [0.1, 0.15) is 20.8 Å². The predicted molar refractivity (Wildman–Crippen MR) is 60.7 cm³/mol. The molecule has 1 rings (SSSR count). The van der Waals surface area contributed by atoms with Gasteiger partial charge in [-0.2, -0.15) is 0 Å². The average Bonchev–Trinajstić information content (AvgIpc) is 1.99. The van der Waals surface area contributed by atoms with E-state index < -0.39 is 13.3 Å². The van der Waals surface area contributed by atoms with Crippen molar-refractivity contribution in [2.75, 3.05) is 5.09 Å². The molecule has 0 heterocycles. The minimum Gasteiger partial charge on any atom is -0.308 e. The van der Waals surface area contributed by atoms with Crippen LogP contribution in [0.4, 0.5) is 5.69 Å². The maximum absolute atomic E-state index is 11.6. The first kappa shape index (κ1) is 12.2. The summed E-state index contributed by atoms with van der Waals surface area (Å²) in [7, 11) is -3.79. The van der Waals surface area contributed by atoms with Crippen molar-refractivity contribution in [2.45, 2.75) is 26.4 Å². The van der Waals surface area contributed by atoms with Crippen LogP contribution < -0.4 is 5.09 Å². The SMILES string of the molecule is CC(C)(C)OP(=O)(O)Nc1ccccc1. The summed E-state index contributed by atoms with van der Waals surface area (Å²) in [6, 6.07) is 8.79. The Kier molecular flexibility index (Phi) is 3.55. The summed E-state index contributed by atoms with van der Waals surface area (Å²) >= 11 is 0. The fourth-order valence-corrected chi connectivity index (χ4v) is 2.33. The molecule has 5 heteroatoms. The summed E-state index contributed by atoms with van der Waals surface area (Å²) in [6.07, 6.45) is 0.